The predicted octanol–water partition coefficient (Wildman–Crippen LogP) is 3.14. The first-order valence-electron chi connectivity index (χ1n) is 10.6. The largest absolute Gasteiger partial charge is 0.453 e. The van der Waals surface area contributed by atoms with E-state index in [1.165, 1.54) is 31.2 Å². The van der Waals surface area contributed by atoms with E-state index in [-0.39, 0.29) is 35.8 Å². The van der Waals surface area contributed by atoms with Gasteiger partial charge in [0.15, 0.2) is 6.10 Å². The van der Waals surface area contributed by atoms with Crippen LogP contribution in [-0.2, 0) is 20.7 Å². The number of amides is 1. The molecular weight excluding hydrogens is 428 g/mol. The third-order valence-electron chi connectivity index (χ3n) is 5.35. The number of benzene rings is 2. The number of carbonyl (C=O) groups excluding carboxylic acids is 2. The molecule has 1 aliphatic carbocycles. The van der Waals surface area contributed by atoms with E-state index in [4.69, 9.17) is 4.74 Å². The van der Waals surface area contributed by atoms with Crippen molar-refractivity contribution < 1.29 is 19.2 Å². The summed E-state index contributed by atoms with van der Waals surface area (Å²) in [4.78, 5) is 52.5. The Balaban J connectivity index is 1.39. The Morgan fingerprint density at radius 1 is 1.24 bits per heavy atom. The molecule has 1 saturated carbocycles. The molecule has 0 spiro atoms. The summed E-state index contributed by atoms with van der Waals surface area (Å²) in [5, 5.41) is 13.9. The lowest BCUT2D eigenvalue weighted by Gasteiger charge is -2.15. The van der Waals surface area contributed by atoms with Crippen molar-refractivity contribution in [2.75, 3.05) is 5.32 Å². The molecule has 2 aromatic carbocycles. The van der Waals surface area contributed by atoms with E-state index in [1.54, 1.807) is 28.8 Å². The Morgan fingerprint density at radius 3 is 2.73 bits per heavy atom. The zero-order valence-electron chi connectivity index (χ0n) is 17.9. The standard InChI is InChI=1S/C23H22N4O6/c1-14(22(29)24-15-5-4-6-17(13-15)27(31)32)33-21(28)12-11-20-25-19-8-3-2-7-18(19)23(30)26(20)16-9-10-16/h2-8,13-14,16H,9-12H2,1H3,(H,24,29). The number of ether oxygens (including phenoxy) is 1. The molecule has 1 unspecified atom stereocenters. The number of carbonyl (C=O) groups is 2. The molecule has 0 bridgehead atoms. The van der Waals surface area contributed by atoms with Gasteiger partial charge in [-0.25, -0.2) is 4.98 Å². The first-order valence-corrected chi connectivity index (χ1v) is 10.6. The molecule has 1 atom stereocenters. The minimum Gasteiger partial charge on any atom is -0.453 e. The van der Waals surface area contributed by atoms with Gasteiger partial charge in [0, 0.05) is 30.3 Å². The lowest BCUT2D eigenvalue weighted by molar-refractivity contribution is -0.384. The highest BCUT2D eigenvalue weighted by Gasteiger charge is 2.28. The Hall–Kier alpha value is -4.08. The molecule has 0 saturated heterocycles. The van der Waals surface area contributed by atoms with Gasteiger partial charge in [0.2, 0.25) is 0 Å². The predicted molar refractivity (Wildman–Crippen MR) is 120 cm³/mol. The van der Waals surface area contributed by atoms with Gasteiger partial charge in [-0.05, 0) is 38.0 Å². The Labute approximate surface area is 188 Å². The van der Waals surface area contributed by atoms with E-state index in [1.807, 2.05) is 0 Å². The molecule has 10 nitrogen and oxygen atoms in total. The Kier molecular flexibility index (Phi) is 6.16. The number of nitro benzene ring substituents is 1. The summed E-state index contributed by atoms with van der Waals surface area (Å²) in [6, 6.07) is 12.7. The van der Waals surface area contributed by atoms with Crippen molar-refractivity contribution >= 4 is 34.2 Å². The number of aromatic nitrogens is 2. The number of para-hydroxylation sites is 1. The average Bonchev–Trinajstić information content (AvgIpc) is 3.63. The van der Waals surface area contributed by atoms with Gasteiger partial charge in [-0.1, -0.05) is 18.2 Å². The molecular formula is C23H22N4O6. The lowest BCUT2D eigenvalue weighted by atomic mass is 10.2. The number of esters is 1. The highest BCUT2D eigenvalue weighted by atomic mass is 16.6. The molecule has 1 aromatic heterocycles. The molecule has 1 fully saturated rings. The van der Waals surface area contributed by atoms with Gasteiger partial charge in [0.05, 0.1) is 22.2 Å². The van der Waals surface area contributed by atoms with Crippen molar-refractivity contribution in [2.45, 2.75) is 44.8 Å². The zero-order chi connectivity index (χ0) is 23.5. The van der Waals surface area contributed by atoms with E-state index < -0.39 is 22.9 Å². The SMILES string of the molecule is CC(OC(=O)CCc1nc2ccccc2c(=O)n1C1CC1)C(=O)Nc1cccc([N+](=O)[O-])c1. The van der Waals surface area contributed by atoms with Crippen molar-refractivity contribution in [1.29, 1.82) is 0 Å². The fourth-order valence-corrected chi connectivity index (χ4v) is 3.54. The van der Waals surface area contributed by atoms with Gasteiger partial charge >= 0.3 is 5.97 Å². The highest BCUT2D eigenvalue weighted by Crippen LogP contribution is 2.35. The second-order valence-corrected chi connectivity index (χ2v) is 7.88. The molecule has 0 aliphatic heterocycles. The number of aryl methyl sites for hydroxylation is 1. The molecule has 10 heteroatoms. The number of fused-ring (bicyclic) bond motifs is 1. The minimum absolute atomic E-state index is 0.0497. The van der Waals surface area contributed by atoms with Crippen LogP contribution < -0.4 is 10.9 Å². The number of nitrogens with one attached hydrogen (secondary N) is 1. The third kappa shape index (κ3) is 5.05. The van der Waals surface area contributed by atoms with Crippen LogP contribution in [0.15, 0.2) is 53.3 Å². The van der Waals surface area contributed by atoms with Crippen molar-refractivity contribution in [2.24, 2.45) is 0 Å². The van der Waals surface area contributed by atoms with Crippen molar-refractivity contribution in [3.63, 3.8) is 0 Å². The maximum absolute atomic E-state index is 12.9. The minimum atomic E-state index is -1.10. The average molecular weight is 450 g/mol. The molecule has 33 heavy (non-hydrogen) atoms. The van der Waals surface area contributed by atoms with Crippen LogP contribution in [0.5, 0.6) is 0 Å². The first-order chi connectivity index (χ1) is 15.8. The van der Waals surface area contributed by atoms with Crippen molar-refractivity contribution in [3.05, 3.63) is 74.8 Å². The first kappa shape index (κ1) is 22.1. The smallest absolute Gasteiger partial charge is 0.307 e. The molecule has 4 rings (SSSR count). The summed E-state index contributed by atoms with van der Waals surface area (Å²) in [5.41, 5.74) is 0.525. The number of hydrogen-bond donors (Lipinski definition) is 1. The highest BCUT2D eigenvalue weighted by molar-refractivity contribution is 5.95. The number of non-ortho nitro benzene ring substituents is 1. The van der Waals surface area contributed by atoms with Crippen LogP contribution in [0, 0.1) is 10.1 Å². The van der Waals surface area contributed by atoms with Crippen LogP contribution in [0.3, 0.4) is 0 Å². The van der Waals surface area contributed by atoms with Crippen molar-refractivity contribution in [3.8, 4) is 0 Å². The monoisotopic (exact) mass is 450 g/mol. The Morgan fingerprint density at radius 2 is 2.00 bits per heavy atom. The molecule has 3 aromatic rings. The van der Waals surface area contributed by atoms with E-state index in [0.717, 1.165) is 12.8 Å². The second kappa shape index (κ2) is 9.19. The molecule has 1 aliphatic rings. The molecule has 1 heterocycles. The number of nitrogens with zero attached hydrogens (tertiary/aromatic N) is 3. The van der Waals surface area contributed by atoms with Crippen LogP contribution >= 0.6 is 0 Å². The number of anilines is 1. The fourth-order valence-electron chi connectivity index (χ4n) is 3.54. The second-order valence-electron chi connectivity index (χ2n) is 7.88. The van der Waals surface area contributed by atoms with E-state index in [2.05, 4.69) is 10.3 Å². The van der Waals surface area contributed by atoms with E-state index in [0.29, 0.717) is 16.7 Å². The third-order valence-corrected chi connectivity index (χ3v) is 5.35. The van der Waals surface area contributed by atoms with E-state index >= 15 is 0 Å². The van der Waals surface area contributed by atoms with Gasteiger partial charge < -0.3 is 10.1 Å². The summed E-state index contributed by atoms with van der Waals surface area (Å²) in [6.07, 6.45) is 0.839. The quantitative estimate of drug-likeness (QED) is 0.317. The lowest BCUT2D eigenvalue weighted by Crippen LogP contribution is -2.30. The maximum atomic E-state index is 12.9. The van der Waals surface area contributed by atoms with Crippen LogP contribution in [-0.4, -0.2) is 32.5 Å². The zero-order valence-corrected chi connectivity index (χ0v) is 17.9. The van der Waals surface area contributed by atoms with Gasteiger partial charge in [0.25, 0.3) is 17.2 Å². The van der Waals surface area contributed by atoms with E-state index in [9.17, 15) is 24.5 Å². The number of hydrogen-bond acceptors (Lipinski definition) is 7. The van der Waals surface area contributed by atoms with Gasteiger partial charge in [-0.3, -0.25) is 29.1 Å². The van der Waals surface area contributed by atoms with Gasteiger partial charge in [0.1, 0.15) is 5.82 Å². The van der Waals surface area contributed by atoms with Crippen LogP contribution in [0.1, 0.15) is 38.1 Å². The molecule has 1 N–H and O–H groups in total. The molecule has 1 amide bonds. The summed E-state index contributed by atoms with van der Waals surface area (Å²) < 4.78 is 6.88. The fraction of sp³-hybridized carbons (Fsp3) is 0.304. The van der Waals surface area contributed by atoms with Gasteiger partial charge in [-0.15, -0.1) is 0 Å². The maximum Gasteiger partial charge on any atom is 0.307 e. The normalized spacial score (nSPS) is 14.0. The van der Waals surface area contributed by atoms with Crippen LogP contribution in [0.2, 0.25) is 0 Å². The van der Waals surface area contributed by atoms with Crippen molar-refractivity contribution in [1.82, 2.24) is 9.55 Å². The summed E-state index contributed by atoms with van der Waals surface area (Å²) in [5.74, 6) is -0.698. The van der Waals surface area contributed by atoms with Gasteiger partial charge in [-0.2, -0.15) is 0 Å². The van der Waals surface area contributed by atoms with Crippen LogP contribution in [0.4, 0.5) is 11.4 Å². The summed E-state index contributed by atoms with van der Waals surface area (Å²) in [6.45, 7) is 1.42. The molecule has 0 radical (unpaired) electrons. The molecule has 170 valence electrons. The summed E-state index contributed by atoms with van der Waals surface area (Å²) >= 11 is 0. The number of nitro groups is 1. The summed E-state index contributed by atoms with van der Waals surface area (Å²) in [7, 11) is 0. The number of rotatable bonds is 8. The van der Waals surface area contributed by atoms with Crippen LogP contribution in [0.25, 0.3) is 10.9 Å². The Bertz CT molecular complexity index is 1300. The topological polar surface area (TPSA) is 133 Å².